The first kappa shape index (κ1) is 7.96. The van der Waals surface area contributed by atoms with Gasteiger partial charge in [0.05, 0.1) is 5.60 Å². The van der Waals surface area contributed by atoms with Gasteiger partial charge in [0.1, 0.15) is 0 Å². The van der Waals surface area contributed by atoms with Crippen LogP contribution in [0.4, 0.5) is 0 Å². The van der Waals surface area contributed by atoms with Crippen LogP contribution in [0.15, 0.2) is 0 Å². The summed E-state index contributed by atoms with van der Waals surface area (Å²) in [5, 5.41) is 9.12. The minimum absolute atomic E-state index is 0.488. The largest absolute Gasteiger partial charge is 0.390 e. The van der Waals surface area contributed by atoms with Crippen molar-refractivity contribution in [1.82, 2.24) is 0 Å². The Morgan fingerprint density at radius 3 is 2.12 bits per heavy atom. The van der Waals surface area contributed by atoms with Gasteiger partial charge in [-0.1, -0.05) is 19.8 Å². The Morgan fingerprint density at radius 1 is 1.50 bits per heavy atom. The molecule has 0 aliphatic rings. The van der Waals surface area contributed by atoms with E-state index in [1.807, 2.05) is 13.8 Å². The molecular weight excluding hydrogens is 100 g/mol. The van der Waals surface area contributed by atoms with E-state index >= 15 is 0 Å². The van der Waals surface area contributed by atoms with Crippen LogP contribution in [-0.2, 0) is 0 Å². The molecule has 0 rings (SSSR count). The minimum atomic E-state index is -0.488. The molecule has 0 aromatic rings. The molecule has 0 heterocycles. The third-order valence-electron chi connectivity index (χ3n) is 1.04. The molecule has 0 bridgehead atoms. The van der Waals surface area contributed by atoms with Crippen molar-refractivity contribution >= 4 is 0 Å². The first-order valence-electron chi connectivity index (χ1n) is 3.08. The summed E-state index contributed by atoms with van der Waals surface area (Å²) in [5.41, 5.74) is -0.488. The Hall–Kier alpha value is -0.0400. The highest BCUT2D eigenvalue weighted by molar-refractivity contribution is 4.64. The van der Waals surface area contributed by atoms with Crippen LogP contribution < -0.4 is 0 Å². The summed E-state index contributed by atoms with van der Waals surface area (Å²) in [6.45, 7) is 7.32. The Bertz CT molecular complexity index is 51.9. The van der Waals surface area contributed by atoms with Crippen molar-refractivity contribution < 1.29 is 5.11 Å². The van der Waals surface area contributed by atoms with Crippen LogP contribution in [0, 0.1) is 6.92 Å². The number of hydrogen-bond donors (Lipinski definition) is 1. The van der Waals surface area contributed by atoms with Crippen molar-refractivity contribution in [1.29, 1.82) is 0 Å². The van der Waals surface area contributed by atoms with E-state index in [1.165, 1.54) is 0 Å². The summed E-state index contributed by atoms with van der Waals surface area (Å²) in [5.74, 6) is 0. The first-order chi connectivity index (χ1) is 3.56. The molecule has 0 saturated carbocycles. The molecule has 1 N–H and O–H groups in total. The van der Waals surface area contributed by atoms with E-state index < -0.39 is 5.60 Å². The van der Waals surface area contributed by atoms with Crippen molar-refractivity contribution in [2.24, 2.45) is 0 Å². The maximum atomic E-state index is 9.12. The standard InChI is InChI=1S/C7H15O/c1-4-5-6-7(2,3)8/h8H,1,4-6H2,2-3H3. The Balaban J connectivity index is 3.11. The first-order valence-corrected chi connectivity index (χ1v) is 3.08. The summed E-state index contributed by atoms with van der Waals surface area (Å²) in [6, 6.07) is 0. The molecule has 1 nitrogen and oxygen atoms in total. The summed E-state index contributed by atoms with van der Waals surface area (Å²) < 4.78 is 0. The van der Waals surface area contributed by atoms with Crippen LogP contribution >= 0.6 is 0 Å². The van der Waals surface area contributed by atoms with Gasteiger partial charge in [-0.2, -0.15) is 0 Å². The molecule has 0 unspecified atom stereocenters. The molecule has 0 spiro atoms. The normalized spacial score (nSPS) is 12.0. The smallest absolute Gasteiger partial charge is 0.0591 e. The van der Waals surface area contributed by atoms with E-state index in [-0.39, 0.29) is 0 Å². The molecule has 8 heavy (non-hydrogen) atoms. The molecule has 0 atom stereocenters. The fraction of sp³-hybridized carbons (Fsp3) is 0.857. The Labute approximate surface area is 51.7 Å². The number of rotatable bonds is 3. The maximum absolute atomic E-state index is 9.12. The SMILES string of the molecule is [CH2]CCCC(C)(C)O. The average Bonchev–Trinajstić information content (AvgIpc) is 1.59. The highest BCUT2D eigenvalue weighted by atomic mass is 16.3. The second kappa shape index (κ2) is 3.08. The zero-order valence-corrected chi connectivity index (χ0v) is 5.78. The molecule has 0 aromatic heterocycles. The summed E-state index contributed by atoms with van der Waals surface area (Å²) in [6.07, 6.45) is 2.80. The molecule has 0 fully saturated rings. The zero-order valence-electron chi connectivity index (χ0n) is 5.78. The van der Waals surface area contributed by atoms with E-state index in [2.05, 4.69) is 6.92 Å². The van der Waals surface area contributed by atoms with Gasteiger partial charge in [-0.25, -0.2) is 0 Å². The Morgan fingerprint density at radius 2 is 2.00 bits per heavy atom. The monoisotopic (exact) mass is 115 g/mol. The predicted molar refractivity (Wildman–Crippen MR) is 35.5 cm³/mol. The Kier molecular flexibility index (Phi) is 3.06. The van der Waals surface area contributed by atoms with E-state index in [0.29, 0.717) is 0 Å². The van der Waals surface area contributed by atoms with Crippen LogP contribution in [0.2, 0.25) is 0 Å². The van der Waals surface area contributed by atoms with E-state index in [4.69, 9.17) is 5.11 Å². The van der Waals surface area contributed by atoms with Crippen molar-refractivity contribution in [3.05, 3.63) is 6.92 Å². The van der Waals surface area contributed by atoms with E-state index in [1.54, 1.807) is 0 Å². The highest BCUT2D eigenvalue weighted by Gasteiger charge is 2.09. The second-order valence-corrected chi connectivity index (χ2v) is 2.77. The third kappa shape index (κ3) is 5.96. The maximum Gasteiger partial charge on any atom is 0.0591 e. The van der Waals surface area contributed by atoms with Gasteiger partial charge in [0, 0.05) is 0 Å². The van der Waals surface area contributed by atoms with Gasteiger partial charge in [-0.05, 0) is 20.3 Å². The van der Waals surface area contributed by atoms with Crippen LogP contribution in [0.1, 0.15) is 33.1 Å². The molecule has 49 valence electrons. The van der Waals surface area contributed by atoms with Gasteiger partial charge < -0.3 is 5.11 Å². The van der Waals surface area contributed by atoms with Crippen molar-refractivity contribution in [3.8, 4) is 0 Å². The van der Waals surface area contributed by atoms with Gasteiger partial charge in [-0.3, -0.25) is 0 Å². The molecule has 0 aliphatic carbocycles. The van der Waals surface area contributed by atoms with Crippen LogP contribution in [0.25, 0.3) is 0 Å². The molecular formula is C7H15O. The lowest BCUT2D eigenvalue weighted by atomic mass is 10.0. The average molecular weight is 115 g/mol. The van der Waals surface area contributed by atoms with Crippen molar-refractivity contribution in [3.63, 3.8) is 0 Å². The zero-order chi connectivity index (χ0) is 6.62. The molecule has 0 saturated heterocycles. The van der Waals surface area contributed by atoms with Crippen LogP contribution in [0.3, 0.4) is 0 Å². The van der Waals surface area contributed by atoms with Gasteiger partial charge in [-0.15, -0.1) is 0 Å². The summed E-state index contributed by atoms with van der Waals surface area (Å²) >= 11 is 0. The molecule has 0 amide bonds. The summed E-state index contributed by atoms with van der Waals surface area (Å²) in [7, 11) is 0. The van der Waals surface area contributed by atoms with Gasteiger partial charge in [0.15, 0.2) is 0 Å². The van der Waals surface area contributed by atoms with Crippen LogP contribution in [0.5, 0.6) is 0 Å². The number of aliphatic hydroxyl groups is 1. The van der Waals surface area contributed by atoms with E-state index in [0.717, 1.165) is 19.3 Å². The summed E-state index contributed by atoms with van der Waals surface area (Å²) in [4.78, 5) is 0. The number of hydrogen-bond acceptors (Lipinski definition) is 1. The van der Waals surface area contributed by atoms with Crippen LogP contribution in [-0.4, -0.2) is 10.7 Å². The predicted octanol–water partition coefficient (Wildman–Crippen LogP) is 1.76. The number of unbranched alkanes of at least 4 members (excludes halogenated alkanes) is 1. The molecule has 0 aromatic carbocycles. The minimum Gasteiger partial charge on any atom is -0.390 e. The van der Waals surface area contributed by atoms with Gasteiger partial charge >= 0.3 is 0 Å². The lowest BCUT2D eigenvalue weighted by Crippen LogP contribution is -2.17. The van der Waals surface area contributed by atoms with E-state index in [9.17, 15) is 0 Å². The van der Waals surface area contributed by atoms with Crippen molar-refractivity contribution in [2.45, 2.75) is 38.7 Å². The topological polar surface area (TPSA) is 20.2 Å². The molecule has 0 aliphatic heterocycles. The third-order valence-corrected chi connectivity index (χ3v) is 1.04. The highest BCUT2D eigenvalue weighted by Crippen LogP contribution is 2.10. The lowest BCUT2D eigenvalue weighted by Gasteiger charge is -2.15. The lowest BCUT2D eigenvalue weighted by molar-refractivity contribution is 0.0691. The fourth-order valence-corrected chi connectivity index (χ4v) is 0.558. The quantitative estimate of drug-likeness (QED) is 0.594. The fourth-order valence-electron chi connectivity index (χ4n) is 0.558. The molecule has 1 radical (unpaired) electrons. The van der Waals surface area contributed by atoms with Gasteiger partial charge in [0.2, 0.25) is 0 Å². The van der Waals surface area contributed by atoms with Crippen molar-refractivity contribution in [2.75, 3.05) is 0 Å². The van der Waals surface area contributed by atoms with Gasteiger partial charge in [0.25, 0.3) is 0 Å². The molecule has 1 heteroatoms. The second-order valence-electron chi connectivity index (χ2n) is 2.77.